The Kier molecular flexibility index (Phi) is 7.46. The van der Waals surface area contributed by atoms with E-state index in [-0.39, 0.29) is 45.7 Å². The molecule has 0 spiro atoms. The molecule has 0 radical (unpaired) electrons. The zero-order chi connectivity index (χ0) is 24.2. The van der Waals surface area contributed by atoms with Crippen LogP contribution in [0.4, 0.5) is 4.79 Å². The van der Waals surface area contributed by atoms with E-state index in [4.69, 9.17) is 32.7 Å². The van der Waals surface area contributed by atoms with Crippen LogP contribution >= 0.6 is 35.0 Å². The molecule has 1 saturated heterocycles. The highest BCUT2D eigenvalue weighted by atomic mass is 35.5. The number of halogens is 2. The lowest BCUT2D eigenvalue weighted by Gasteiger charge is -2.14. The van der Waals surface area contributed by atoms with Crippen molar-refractivity contribution in [3.63, 3.8) is 0 Å². The van der Waals surface area contributed by atoms with Gasteiger partial charge >= 0.3 is 5.97 Å². The molecule has 1 fully saturated rings. The normalized spacial score (nSPS) is 14.8. The quantitative estimate of drug-likeness (QED) is 0.270. The van der Waals surface area contributed by atoms with Crippen molar-refractivity contribution in [2.24, 2.45) is 0 Å². The number of benzene rings is 3. The third kappa shape index (κ3) is 5.22. The molecule has 2 amide bonds. The maximum Gasteiger partial charge on any atom is 0.344 e. The van der Waals surface area contributed by atoms with Crippen LogP contribution in [0.5, 0.6) is 5.75 Å². The molecule has 0 aliphatic carbocycles. The number of thioether (sulfide) groups is 1. The zero-order valence-electron chi connectivity index (χ0n) is 18.0. The summed E-state index contributed by atoms with van der Waals surface area (Å²) in [6.07, 6.45) is 1.56. The van der Waals surface area contributed by atoms with Crippen LogP contribution in [0.15, 0.2) is 59.5 Å². The van der Waals surface area contributed by atoms with Gasteiger partial charge in [0.1, 0.15) is 0 Å². The molecule has 3 aromatic carbocycles. The number of hydrogen-bond donors (Lipinski definition) is 0. The van der Waals surface area contributed by atoms with Crippen molar-refractivity contribution >= 4 is 68.9 Å². The van der Waals surface area contributed by atoms with E-state index in [1.54, 1.807) is 25.1 Å². The number of amides is 2. The van der Waals surface area contributed by atoms with Crippen LogP contribution in [0.2, 0.25) is 10.0 Å². The number of hydrogen-bond acceptors (Lipinski definition) is 6. The van der Waals surface area contributed by atoms with Gasteiger partial charge in [-0.05, 0) is 58.8 Å². The monoisotopic (exact) mass is 515 g/mol. The Labute approximate surface area is 210 Å². The third-order valence-electron chi connectivity index (χ3n) is 5.04. The largest absolute Gasteiger partial charge is 0.479 e. The van der Waals surface area contributed by atoms with Crippen molar-refractivity contribution in [1.82, 2.24) is 4.90 Å². The fourth-order valence-electron chi connectivity index (χ4n) is 3.52. The van der Waals surface area contributed by atoms with Gasteiger partial charge in [0.25, 0.3) is 11.1 Å². The molecule has 9 heteroatoms. The molecule has 0 unspecified atom stereocenters. The van der Waals surface area contributed by atoms with E-state index < -0.39 is 11.9 Å². The Hall–Kier alpha value is -3.00. The van der Waals surface area contributed by atoms with Gasteiger partial charge in [-0.25, -0.2) is 4.79 Å². The van der Waals surface area contributed by atoms with Crippen molar-refractivity contribution < 1.29 is 23.9 Å². The number of carbonyl (C=O) groups excluding carboxylic acids is 3. The fourth-order valence-corrected chi connectivity index (χ4v) is 4.97. The molecule has 174 valence electrons. The second-order valence-electron chi connectivity index (χ2n) is 7.31. The van der Waals surface area contributed by atoms with E-state index in [9.17, 15) is 14.4 Å². The summed E-state index contributed by atoms with van der Waals surface area (Å²) in [5.74, 6) is -0.797. The Balaban J connectivity index is 1.53. The fraction of sp³-hybridized carbons (Fsp3) is 0.160. The number of carbonyl (C=O) groups is 3. The Morgan fingerprint density at radius 2 is 1.76 bits per heavy atom. The topological polar surface area (TPSA) is 72.9 Å². The molecular formula is C25H19Cl2NO5S. The van der Waals surface area contributed by atoms with E-state index in [0.29, 0.717) is 5.56 Å². The van der Waals surface area contributed by atoms with Gasteiger partial charge in [-0.1, -0.05) is 65.7 Å². The van der Waals surface area contributed by atoms with E-state index in [2.05, 4.69) is 0 Å². The number of nitrogens with zero attached hydrogens (tertiary/aromatic N) is 1. The molecule has 34 heavy (non-hydrogen) atoms. The minimum absolute atomic E-state index is 0.137. The highest BCUT2D eigenvalue weighted by molar-refractivity contribution is 8.18. The molecule has 4 rings (SSSR count). The molecular weight excluding hydrogens is 497 g/mol. The molecule has 0 aromatic heterocycles. The minimum Gasteiger partial charge on any atom is -0.479 e. The first-order chi connectivity index (χ1) is 16.4. The first kappa shape index (κ1) is 24.1. The summed E-state index contributed by atoms with van der Waals surface area (Å²) in [5, 5.41) is 2.01. The third-order valence-corrected chi connectivity index (χ3v) is 6.51. The van der Waals surface area contributed by atoms with Crippen LogP contribution < -0.4 is 4.74 Å². The first-order valence-corrected chi connectivity index (χ1v) is 11.9. The summed E-state index contributed by atoms with van der Waals surface area (Å²) in [4.78, 5) is 38.6. The van der Waals surface area contributed by atoms with E-state index >= 15 is 0 Å². The summed E-state index contributed by atoms with van der Waals surface area (Å²) < 4.78 is 10.2. The number of fused-ring (bicyclic) bond motifs is 1. The lowest BCUT2D eigenvalue weighted by atomic mass is 10.0. The van der Waals surface area contributed by atoms with Gasteiger partial charge in [-0.15, -0.1) is 0 Å². The van der Waals surface area contributed by atoms with Crippen molar-refractivity contribution in [3.05, 3.63) is 80.7 Å². The van der Waals surface area contributed by atoms with Gasteiger partial charge in [0, 0.05) is 0 Å². The number of rotatable bonds is 7. The second-order valence-corrected chi connectivity index (χ2v) is 9.12. The van der Waals surface area contributed by atoms with Crippen molar-refractivity contribution in [1.29, 1.82) is 0 Å². The Morgan fingerprint density at radius 1 is 1.06 bits per heavy atom. The highest BCUT2D eigenvalue weighted by Gasteiger charge is 2.35. The van der Waals surface area contributed by atoms with E-state index in [0.717, 1.165) is 28.1 Å². The predicted molar refractivity (Wildman–Crippen MR) is 134 cm³/mol. The van der Waals surface area contributed by atoms with Gasteiger partial charge < -0.3 is 9.47 Å². The maximum absolute atomic E-state index is 13.0. The van der Waals surface area contributed by atoms with Crippen molar-refractivity contribution in [2.45, 2.75) is 13.5 Å². The second kappa shape index (κ2) is 10.5. The molecule has 1 heterocycles. The first-order valence-electron chi connectivity index (χ1n) is 10.4. The molecule has 1 aliphatic heterocycles. The standard InChI is InChI=1S/C25H19Cl2NO5S/c1-2-32-22(29)14-33-23-19(26)10-15(11-20(23)27)12-21-24(30)28(25(31)34-21)13-17-8-5-7-16-6-3-4-9-18(16)17/h3-12H,2,13-14H2,1H3/b21-12-. The predicted octanol–water partition coefficient (Wildman–Crippen LogP) is 6.33. The minimum atomic E-state index is -0.543. The van der Waals surface area contributed by atoms with Crippen LogP contribution in [0.1, 0.15) is 18.1 Å². The summed E-state index contributed by atoms with van der Waals surface area (Å²) >= 11 is 13.4. The van der Waals surface area contributed by atoms with Crippen LogP contribution in [-0.4, -0.2) is 35.2 Å². The average Bonchev–Trinajstić information content (AvgIpc) is 3.06. The van der Waals surface area contributed by atoms with Gasteiger partial charge in [-0.2, -0.15) is 0 Å². The van der Waals surface area contributed by atoms with Gasteiger partial charge in [0.05, 0.1) is 28.1 Å². The van der Waals surface area contributed by atoms with Gasteiger partial charge in [-0.3, -0.25) is 14.5 Å². The highest BCUT2D eigenvalue weighted by Crippen LogP contribution is 2.38. The molecule has 3 aromatic rings. The average molecular weight is 516 g/mol. The van der Waals surface area contributed by atoms with Crippen LogP contribution in [0, 0.1) is 0 Å². The lowest BCUT2D eigenvalue weighted by molar-refractivity contribution is -0.145. The van der Waals surface area contributed by atoms with Gasteiger partial charge in [0.15, 0.2) is 12.4 Å². The molecule has 0 bridgehead atoms. The zero-order valence-corrected chi connectivity index (χ0v) is 20.4. The van der Waals surface area contributed by atoms with Crippen LogP contribution in [0.25, 0.3) is 16.8 Å². The summed E-state index contributed by atoms with van der Waals surface area (Å²) in [6, 6.07) is 16.7. The van der Waals surface area contributed by atoms with E-state index in [1.165, 1.54) is 4.90 Å². The summed E-state index contributed by atoms with van der Waals surface area (Å²) in [5.41, 5.74) is 1.41. The number of imide groups is 1. The summed E-state index contributed by atoms with van der Waals surface area (Å²) in [7, 11) is 0. The lowest BCUT2D eigenvalue weighted by Crippen LogP contribution is -2.27. The number of esters is 1. The summed E-state index contributed by atoms with van der Waals surface area (Å²) in [6.45, 7) is 1.76. The van der Waals surface area contributed by atoms with Crippen LogP contribution in [0.3, 0.4) is 0 Å². The van der Waals surface area contributed by atoms with Gasteiger partial charge in [0.2, 0.25) is 0 Å². The SMILES string of the molecule is CCOC(=O)COc1c(Cl)cc(/C=C2\SC(=O)N(Cc3cccc4ccccc34)C2=O)cc1Cl. The molecule has 6 nitrogen and oxygen atoms in total. The van der Waals surface area contributed by atoms with E-state index in [1.807, 2.05) is 42.5 Å². The molecule has 0 N–H and O–H groups in total. The van der Waals surface area contributed by atoms with Crippen molar-refractivity contribution in [2.75, 3.05) is 13.2 Å². The Bertz CT molecular complexity index is 1300. The maximum atomic E-state index is 13.0. The molecule has 0 atom stereocenters. The number of ether oxygens (including phenoxy) is 2. The Morgan fingerprint density at radius 3 is 2.50 bits per heavy atom. The van der Waals surface area contributed by atoms with Crippen LogP contribution in [-0.2, 0) is 20.9 Å². The molecule has 1 aliphatic rings. The molecule has 0 saturated carbocycles. The smallest absolute Gasteiger partial charge is 0.344 e. The van der Waals surface area contributed by atoms with Crippen molar-refractivity contribution in [3.8, 4) is 5.75 Å².